The Labute approximate surface area is 116 Å². The first-order valence-electron chi connectivity index (χ1n) is 8.02. The topological polar surface area (TPSA) is 58.4 Å². The second kappa shape index (κ2) is 5.80. The van der Waals surface area contributed by atoms with E-state index < -0.39 is 0 Å². The smallest absolute Gasteiger partial charge is 0.223 e. The van der Waals surface area contributed by atoms with Crippen LogP contribution in [0.3, 0.4) is 0 Å². The Morgan fingerprint density at radius 1 is 1.16 bits per heavy atom. The molecule has 3 N–H and O–H groups in total. The molecule has 3 fully saturated rings. The van der Waals surface area contributed by atoms with Crippen LogP contribution in [0.1, 0.15) is 44.9 Å². The summed E-state index contributed by atoms with van der Waals surface area (Å²) in [6.07, 6.45) is 8.28. The summed E-state index contributed by atoms with van der Waals surface area (Å²) in [7, 11) is 0. The largest absolute Gasteiger partial charge is 0.353 e. The standard InChI is InChI=1S/C15H27N3O/c16-10-11-3-1-5-14(11)15(19)17-12-6-8-18-7-2-4-13(18)9-12/h11-14H,1-10,16H2,(H,17,19)/t11-,12?,13?,14-/m1/s1. The van der Waals surface area contributed by atoms with Gasteiger partial charge in [-0.05, 0) is 57.5 Å². The summed E-state index contributed by atoms with van der Waals surface area (Å²) in [6, 6.07) is 1.14. The maximum Gasteiger partial charge on any atom is 0.223 e. The van der Waals surface area contributed by atoms with E-state index in [2.05, 4.69) is 10.2 Å². The molecule has 0 radical (unpaired) electrons. The van der Waals surface area contributed by atoms with Crippen molar-refractivity contribution in [2.75, 3.05) is 19.6 Å². The van der Waals surface area contributed by atoms with Crippen LogP contribution in [0, 0.1) is 11.8 Å². The Kier molecular flexibility index (Phi) is 4.08. The lowest BCUT2D eigenvalue weighted by molar-refractivity contribution is -0.127. The van der Waals surface area contributed by atoms with Crippen LogP contribution in [0.15, 0.2) is 0 Å². The Hall–Kier alpha value is -0.610. The third kappa shape index (κ3) is 2.79. The van der Waals surface area contributed by atoms with Crippen molar-refractivity contribution in [1.82, 2.24) is 10.2 Å². The van der Waals surface area contributed by atoms with E-state index >= 15 is 0 Å². The third-order valence-corrected chi connectivity index (χ3v) is 5.47. The molecule has 2 aliphatic heterocycles. The molecule has 3 aliphatic rings. The third-order valence-electron chi connectivity index (χ3n) is 5.47. The minimum Gasteiger partial charge on any atom is -0.353 e. The molecule has 1 amide bonds. The van der Waals surface area contributed by atoms with Crippen molar-refractivity contribution in [3.63, 3.8) is 0 Å². The minimum absolute atomic E-state index is 0.187. The van der Waals surface area contributed by atoms with Crippen LogP contribution < -0.4 is 11.1 Å². The predicted octanol–water partition coefficient (Wildman–Crippen LogP) is 1.10. The lowest BCUT2D eigenvalue weighted by Crippen LogP contribution is -2.49. The number of fused-ring (bicyclic) bond motifs is 1. The van der Waals surface area contributed by atoms with Crippen LogP contribution in [-0.2, 0) is 4.79 Å². The number of carbonyl (C=O) groups is 1. The van der Waals surface area contributed by atoms with Gasteiger partial charge in [0.25, 0.3) is 0 Å². The van der Waals surface area contributed by atoms with Gasteiger partial charge in [0.15, 0.2) is 0 Å². The number of rotatable bonds is 3. The lowest BCUT2D eigenvalue weighted by Gasteiger charge is -2.35. The second-order valence-corrected chi connectivity index (χ2v) is 6.60. The van der Waals surface area contributed by atoms with Crippen LogP contribution in [0.25, 0.3) is 0 Å². The molecule has 0 aromatic carbocycles. The van der Waals surface area contributed by atoms with Gasteiger partial charge in [-0.2, -0.15) is 0 Å². The number of nitrogens with one attached hydrogen (secondary N) is 1. The van der Waals surface area contributed by atoms with Crippen molar-refractivity contribution in [2.45, 2.75) is 57.0 Å². The molecule has 0 bridgehead atoms. The van der Waals surface area contributed by atoms with Crippen LogP contribution in [0.2, 0.25) is 0 Å². The maximum absolute atomic E-state index is 12.4. The van der Waals surface area contributed by atoms with E-state index in [1.54, 1.807) is 0 Å². The zero-order valence-corrected chi connectivity index (χ0v) is 11.8. The molecule has 108 valence electrons. The molecule has 4 atom stereocenters. The zero-order chi connectivity index (χ0) is 13.2. The molecule has 2 heterocycles. The van der Waals surface area contributed by atoms with E-state index in [4.69, 9.17) is 5.73 Å². The molecule has 2 unspecified atom stereocenters. The van der Waals surface area contributed by atoms with E-state index in [1.807, 2.05) is 0 Å². The van der Waals surface area contributed by atoms with Gasteiger partial charge in [-0.15, -0.1) is 0 Å². The lowest BCUT2D eigenvalue weighted by atomic mass is 9.93. The molecule has 4 heteroatoms. The summed E-state index contributed by atoms with van der Waals surface area (Å²) in [5.74, 6) is 0.891. The van der Waals surface area contributed by atoms with Crippen LogP contribution in [-0.4, -0.2) is 42.5 Å². The van der Waals surface area contributed by atoms with Crippen molar-refractivity contribution in [2.24, 2.45) is 17.6 Å². The Bertz CT molecular complexity index is 333. The Morgan fingerprint density at radius 3 is 2.89 bits per heavy atom. The van der Waals surface area contributed by atoms with Gasteiger partial charge >= 0.3 is 0 Å². The van der Waals surface area contributed by atoms with Gasteiger partial charge in [0.2, 0.25) is 5.91 Å². The number of nitrogens with zero attached hydrogens (tertiary/aromatic N) is 1. The highest BCUT2D eigenvalue weighted by Crippen LogP contribution is 2.32. The molecule has 0 spiro atoms. The molecule has 0 aromatic rings. The average molecular weight is 265 g/mol. The highest BCUT2D eigenvalue weighted by atomic mass is 16.2. The molecule has 4 nitrogen and oxygen atoms in total. The van der Waals surface area contributed by atoms with Crippen molar-refractivity contribution in [1.29, 1.82) is 0 Å². The number of nitrogens with two attached hydrogens (primary N) is 1. The summed E-state index contributed by atoms with van der Waals surface area (Å²) in [5.41, 5.74) is 5.78. The van der Waals surface area contributed by atoms with Crippen molar-refractivity contribution < 1.29 is 4.79 Å². The fourth-order valence-electron chi connectivity index (χ4n) is 4.33. The summed E-state index contributed by atoms with van der Waals surface area (Å²) >= 11 is 0. The van der Waals surface area contributed by atoms with Crippen LogP contribution in [0.5, 0.6) is 0 Å². The van der Waals surface area contributed by atoms with E-state index in [-0.39, 0.29) is 11.8 Å². The normalized spacial score (nSPS) is 39.2. The Balaban J connectivity index is 1.52. The molecular weight excluding hydrogens is 238 g/mol. The van der Waals surface area contributed by atoms with Gasteiger partial charge in [-0.25, -0.2) is 0 Å². The molecule has 0 aromatic heterocycles. The van der Waals surface area contributed by atoms with Gasteiger partial charge in [0.05, 0.1) is 0 Å². The van der Waals surface area contributed by atoms with Crippen LogP contribution in [0.4, 0.5) is 0 Å². The molecule has 1 aliphatic carbocycles. The monoisotopic (exact) mass is 265 g/mol. The fourth-order valence-corrected chi connectivity index (χ4v) is 4.33. The fraction of sp³-hybridized carbons (Fsp3) is 0.933. The van der Waals surface area contributed by atoms with E-state index in [0.29, 0.717) is 18.5 Å². The summed E-state index contributed by atoms with van der Waals surface area (Å²) in [5, 5.41) is 3.32. The highest BCUT2D eigenvalue weighted by Gasteiger charge is 2.36. The number of amides is 1. The summed E-state index contributed by atoms with van der Waals surface area (Å²) < 4.78 is 0. The van der Waals surface area contributed by atoms with Gasteiger partial charge in [0, 0.05) is 24.5 Å². The van der Waals surface area contributed by atoms with E-state index in [1.165, 1.54) is 32.4 Å². The second-order valence-electron chi connectivity index (χ2n) is 6.60. The van der Waals surface area contributed by atoms with Crippen LogP contribution >= 0.6 is 0 Å². The molecule has 3 rings (SSSR count). The average Bonchev–Trinajstić information content (AvgIpc) is 3.06. The first-order valence-corrected chi connectivity index (χ1v) is 8.02. The summed E-state index contributed by atoms with van der Waals surface area (Å²) in [6.45, 7) is 3.10. The molecule has 2 saturated heterocycles. The Morgan fingerprint density at radius 2 is 2.05 bits per heavy atom. The van der Waals surface area contributed by atoms with Gasteiger partial charge in [0.1, 0.15) is 0 Å². The van der Waals surface area contributed by atoms with Crippen molar-refractivity contribution in [3.8, 4) is 0 Å². The van der Waals surface area contributed by atoms with Gasteiger partial charge in [-0.1, -0.05) is 6.42 Å². The van der Waals surface area contributed by atoms with E-state index in [0.717, 1.165) is 31.7 Å². The number of hydrogen-bond acceptors (Lipinski definition) is 3. The number of hydrogen-bond donors (Lipinski definition) is 2. The first-order chi connectivity index (χ1) is 9.28. The quantitative estimate of drug-likeness (QED) is 0.803. The highest BCUT2D eigenvalue weighted by molar-refractivity contribution is 5.79. The predicted molar refractivity (Wildman–Crippen MR) is 75.6 cm³/mol. The zero-order valence-electron chi connectivity index (χ0n) is 11.8. The number of carbonyl (C=O) groups excluding carboxylic acids is 1. The number of piperidine rings is 1. The summed E-state index contributed by atoms with van der Waals surface area (Å²) in [4.78, 5) is 15.0. The van der Waals surface area contributed by atoms with Crippen molar-refractivity contribution >= 4 is 5.91 Å². The van der Waals surface area contributed by atoms with Crippen molar-refractivity contribution in [3.05, 3.63) is 0 Å². The SMILES string of the molecule is NC[C@H]1CCC[C@H]1C(=O)NC1CCN2CCCC2C1. The maximum atomic E-state index is 12.4. The molecular formula is C15H27N3O. The van der Waals surface area contributed by atoms with Gasteiger partial charge < -0.3 is 16.0 Å². The van der Waals surface area contributed by atoms with E-state index in [9.17, 15) is 4.79 Å². The molecule has 19 heavy (non-hydrogen) atoms. The van der Waals surface area contributed by atoms with Gasteiger partial charge in [-0.3, -0.25) is 4.79 Å². The minimum atomic E-state index is 0.187. The first kappa shape index (κ1) is 13.4. The molecule has 1 saturated carbocycles.